The monoisotopic (exact) mass is 312 g/mol. The number of carbonyl (C=O) groups excluding carboxylic acids is 1. The molecule has 2 N–H and O–H groups in total. The number of nitrogens with zero attached hydrogens (tertiary/aromatic N) is 1. The summed E-state index contributed by atoms with van der Waals surface area (Å²) in [4.78, 5) is 13.7. The second-order valence-electron chi connectivity index (χ2n) is 5.92. The van der Waals surface area contributed by atoms with Gasteiger partial charge in [-0.05, 0) is 50.3 Å². The van der Waals surface area contributed by atoms with E-state index in [-0.39, 0.29) is 24.2 Å². The Morgan fingerprint density at radius 1 is 1.27 bits per heavy atom. The normalized spacial score (nSPS) is 23.0. The molecule has 1 aliphatic carbocycles. The number of rotatable bonds is 3. The van der Waals surface area contributed by atoms with Gasteiger partial charge in [0.1, 0.15) is 0 Å². The highest BCUT2D eigenvalue weighted by molar-refractivity contribution is 5.74. The van der Waals surface area contributed by atoms with Gasteiger partial charge in [0.25, 0.3) is 0 Å². The maximum absolute atomic E-state index is 13.3. The van der Waals surface area contributed by atoms with Crippen LogP contribution in [0.4, 0.5) is 13.6 Å². The van der Waals surface area contributed by atoms with Crippen LogP contribution in [0.2, 0.25) is 0 Å². The van der Waals surface area contributed by atoms with Crippen molar-refractivity contribution in [2.45, 2.75) is 50.8 Å². The van der Waals surface area contributed by atoms with Crippen LogP contribution in [0.1, 0.15) is 44.2 Å². The molecule has 1 aliphatic rings. The number of carbonyl (C=O) groups is 1. The molecular weight excluding hydrogens is 290 g/mol. The molecule has 22 heavy (non-hydrogen) atoms. The average Bonchev–Trinajstić information content (AvgIpc) is 2.50. The van der Waals surface area contributed by atoms with Crippen molar-refractivity contribution in [3.8, 4) is 0 Å². The van der Waals surface area contributed by atoms with Crippen molar-refractivity contribution in [1.82, 2.24) is 10.2 Å². The SMILES string of the molecule is CC(c1ccc(F)c(F)c1)N(C)C(=O)NC1CCC(O)CC1. The molecule has 4 nitrogen and oxygen atoms in total. The third kappa shape index (κ3) is 3.94. The van der Waals surface area contributed by atoms with E-state index in [0.717, 1.165) is 25.0 Å². The Labute approximate surface area is 129 Å². The molecule has 2 amide bonds. The molecule has 0 aromatic heterocycles. The summed E-state index contributed by atoms with van der Waals surface area (Å²) in [6, 6.07) is 3.08. The molecule has 0 radical (unpaired) electrons. The highest BCUT2D eigenvalue weighted by Gasteiger charge is 2.24. The fourth-order valence-electron chi connectivity index (χ4n) is 2.67. The van der Waals surface area contributed by atoms with Crippen molar-refractivity contribution >= 4 is 6.03 Å². The van der Waals surface area contributed by atoms with Gasteiger partial charge < -0.3 is 15.3 Å². The molecule has 1 aromatic rings. The lowest BCUT2D eigenvalue weighted by molar-refractivity contribution is 0.115. The lowest BCUT2D eigenvalue weighted by Gasteiger charge is -2.31. The average molecular weight is 312 g/mol. The van der Waals surface area contributed by atoms with Crippen LogP contribution in [0.5, 0.6) is 0 Å². The predicted molar refractivity (Wildman–Crippen MR) is 79.3 cm³/mol. The number of halogens is 2. The molecule has 6 heteroatoms. The summed E-state index contributed by atoms with van der Waals surface area (Å²) in [5, 5.41) is 12.4. The lowest BCUT2D eigenvalue weighted by atomic mass is 9.93. The van der Waals surface area contributed by atoms with E-state index in [9.17, 15) is 18.7 Å². The first kappa shape index (κ1) is 16.7. The number of aliphatic hydroxyl groups excluding tert-OH is 1. The molecular formula is C16H22F2N2O2. The minimum atomic E-state index is -0.917. The molecule has 0 spiro atoms. The van der Waals surface area contributed by atoms with Crippen LogP contribution in [0.3, 0.4) is 0 Å². The minimum absolute atomic E-state index is 0.0514. The zero-order valence-electron chi connectivity index (χ0n) is 12.9. The molecule has 122 valence electrons. The van der Waals surface area contributed by atoms with E-state index in [1.165, 1.54) is 11.0 Å². The molecule has 1 saturated carbocycles. The topological polar surface area (TPSA) is 52.6 Å². The molecule has 0 aliphatic heterocycles. The number of nitrogens with one attached hydrogen (secondary N) is 1. The highest BCUT2D eigenvalue weighted by Crippen LogP contribution is 2.22. The maximum Gasteiger partial charge on any atom is 0.317 e. The van der Waals surface area contributed by atoms with Crippen LogP contribution in [-0.4, -0.2) is 35.2 Å². The van der Waals surface area contributed by atoms with Crippen LogP contribution in [0.15, 0.2) is 18.2 Å². The summed E-state index contributed by atoms with van der Waals surface area (Å²) in [6.07, 6.45) is 2.61. The number of aliphatic hydroxyl groups is 1. The van der Waals surface area contributed by atoms with Gasteiger partial charge in [-0.15, -0.1) is 0 Å². The Bertz CT molecular complexity index is 531. The van der Waals surface area contributed by atoms with E-state index in [1.807, 2.05) is 0 Å². The number of hydrogen-bond acceptors (Lipinski definition) is 2. The van der Waals surface area contributed by atoms with Gasteiger partial charge in [-0.1, -0.05) is 6.07 Å². The summed E-state index contributed by atoms with van der Waals surface area (Å²) in [5.41, 5.74) is 0.538. The van der Waals surface area contributed by atoms with Gasteiger partial charge in [-0.3, -0.25) is 0 Å². The van der Waals surface area contributed by atoms with Crippen LogP contribution < -0.4 is 5.32 Å². The molecule has 1 atom stereocenters. The second kappa shape index (κ2) is 7.05. The van der Waals surface area contributed by atoms with Gasteiger partial charge in [0.2, 0.25) is 0 Å². The molecule has 0 saturated heterocycles. The van der Waals surface area contributed by atoms with Crippen LogP contribution >= 0.6 is 0 Å². The summed E-state index contributed by atoms with van der Waals surface area (Å²) in [5.74, 6) is -1.82. The summed E-state index contributed by atoms with van der Waals surface area (Å²) in [7, 11) is 1.62. The fourth-order valence-corrected chi connectivity index (χ4v) is 2.67. The summed E-state index contributed by atoms with van der Waals surface area (Å²) < 4.78 is 26.3. The smallest absolute Gasteiger partial charge is 0.317 e. The van der Waals surface area contributed by atoms with E-state index in [2.05, 4.69) is 5.32 Å². The van der Waals surface area contributed by atoms with Crippen molar-refractivity contribution in [3.05, 3.63) is 35.4 Å². The lowest BCUT2D eigenvalue weighted by Crippen LogP contribution is -2.45. The quantitative estimate of drug-likeness (QED) is 0.901. The Kier molecular flexibility index (Phi) is 5.34. The Morgan fingerprint density at radius 2 is 1.91 bits per heavy atom. The fraction of sp³-hybridized carbons (Fsp3) is 0.562. The van der Waals surface area contributed by atoms with Gasteiger partial charge in [0.15, 0.2) is 11.6 Å². The van der Waals surface area contributed by atoms with Crippen molar-refractivity contribution in [3.63, 3.8) is 0 Å². The largest absolute Gasteiger partial charge is 0.393 e. The first-order valence-electron chi connectivity index (χ1n) is 7.55. The third-order valence-corrected chi connectivity index (χ3v) is 4.35. The van der Waals surface area contributed by atoms with Crippen molar-refractivity contribution < 1.29 is 18.7 Å². The van der Waals surface area contributed by atoms with Crippen LogP contribution in [0, 0.1) is 11.6 Å². The van der Waals surface area contributed by atoms with E-state index >= 15 is 0 Å². The molecule has 1 aromatic carbocycles. The van der Waals surface area contributed by atoms with E-state index < -0.39 is 11.6 Å². The highest BCUT2D eigenvalue weighted by atomic mass is 19.2. The number of amides is 2. The minimum Gasteiger partial charge on any atom is -0.393 e. The Balaban J connectivity index is 1.95. The summed E-state index contributed by atoms with van der Waals surface area (Å²) >= 11 is 0. The van der Waals surface area contributed by atoms with E-state index in [1.54, 1.807) is 14.0 Å². The second-order valence-corrected chi connectivity index (χ2v) is 5.92. The molecule has 2 rings (SSSR count). The standard InChI is InChI=1S/C16H22F2N2O2/c1-10(11-3-8-14(17)15(18)9-11)20(2)16(22)19-12-4-6-13(21)7-5-12/h3,8-10,12-13,21H,4-7H2,1-2H3,(H,19,22). The van der Waals surface area contributed by atoms with Crippen LogP contribution in [0.25, 0.3) is 0 Å². The van der Waals surface area contributed by atoms with Gasteiger partial charge in [-0.25, -0.2) is 13.6 Å². The van der Waals surface area contributed by atoms with Gasteiger partial charge >= 0.3 is 6.03 Å². The predicted octanol–water partition coefficient (Wildman–Crippen LogP) is 2.97. The molecule has 0 heterocycles. The number of hydrogen-bond donors (Lipinski definition) is 2. The van der Waals surface area contributed by atoms with E-state index in [4.69, 9.17) is 0 Å². The van der Waals surface area contributed by atoms with Crippen molar-refractivity contribution in [2.24, 2.45) is 0 Å². The first-order chi connectivity index (χ1) is 10.4. The van der Waals surface area contributed by atoms with Crippen molar-refractivity contribution in [2.75, 3.05) is 7.05 Å². The first-order valence-corrected chi connectivity index (χ1v) is 7.55. The van der Waals surface area contributed by atoms with Gasteiger partial charge in [-0.2, -0.15) is 0 Å². The van der Waals surface area contributed by atoms with Crippen molar-refractivity contribution in [1.29, 1.82) is 0 Å². The summed E-state index contributed by atoms with van der Waals surface area (Å²) in [6.45, 7) is 1.76. The van der Waals surface area contributed by atoms with E-state index in [0.29, 0.717) is 18.4 Å². The Morgan fingerprint density at radius 3 is 2.50 bits per heavy atom. The molecule has 1 fully saturated rings. The molecule has 0 bridgehead atoms. The Hall–Kier alpha value is -1.69. The van der Waals surface area contributed by atoms with Gasteiger partial charge in [0, 0.05) is 13.1 Å². The zero-order valence-corrected chi connectivity index (χ0v) is 12.9. The van der Waals surface area contributed by atoms with Crippen LogP contribution in [-0.2, 0) is 0 Å². The maximum atomic E-state index is 13.3. The molecule has 1 unspecified atom stereocenters. The number of benzene rings is 1. The zero-order chi connectivity index (χ0) is 16.3. The third-order valence-electron chi connectivity index (χ3n) is 4.35. The number of urea groups is 1. The van der Waals surface area contributed by atoms with Gasteiger partial charge in [0.05, 0.1) is 12.1 Å².